The van der Waals surface area contributed by atoms with Crippen LogP contribution < -0.4 is 0 Å². The summed E-state index contributed by atoms with van der Waals surface area (Å²) in [5.74, 6) is 0.715. The Morgan fingerprint density at radius 2 is 2.05 bits per heavy atom. The van der Waals surface area contributed by atoms with E-state index < -0.39 is 0 Å². The second kappa shape index (κ2) is 6.99. The van der Waals surface area contributed by atoms with Gasteiger partial charge in [-0.2, -0.15) is 0 Å². The van der Waals surface area contributed by atoms with Gasteiger partial charge in [0.05, 0.1) is 16.0 Å². The molecule has 3 rings (SSSR count). The van der Waals surface area contributed by atoms with E-state index in [0.717, 1.165) is 40.5 Å². The van der Waals surface area contributed by atoms with Crippen molar-refractivity contribution in [3.05, 3.63) is 23.2 Å². The zero-order valence-corrected chi connectivity index (χ0v) is 14.1. The fourth-order valence-electron chi connectivity index (χ4n) is 2.48. The molecule has 3 nitrogen and oxygen atoms in total. The minimum Gasteiger partial charge on any atom is -0.342 e. The number of rotatable bonds is 3. The van der Waals surface area contributed by atoms with Crippen molar-refractivity contribution < 1.29 is 4.79 Å². The predicted molar refractivity (Wildman–Crippen MR) is 90.4 cm³/mol. The number of benzene rings is 1. The third-order valence-corrected chi connectivity index (χ3v) is 6.01. The lowest BCUT2D eigenvalue weighted by molar-refractivity contribution is -0.128. The highest BCUT2D eigenvalue weighted by atomic mass is 35.5. The second-order valence-corrected chi connectivity index (χ2v) is 7.87. The van der Waals surface area contributed by atoms with Crippen LogP contribution in [-0.2, 0) is 4.79 Å². The number of amides is 1. The smallest absolute Gasteiger partial charge is 0.233 e. The quantitative estimate of drug-likeness (QED) is 0.774. The molecule has 0 bridgehead atoms. The second-order valence-electron chi connectivity index (χ2n) is 5.18. The summed E-state index contributed by atoms with van der Waals surface area (Å²) in [6.07, 6.45) is 4.76. The molecule has 2 aromatic rings. The number of nitrogens with zero attached hydrogens (tertiary/aromatic N) is 2. The molecule has 1 aliphatic rings. The van der Waals surface area contributed by atoms with E-state index in [1.165, 1.54) is 24.6 Å². The molecule has 6 heteroatoms. The Bertz CT molecular complexity index is 636. The summed E-state index contributed by atoms with van der Waals surface area (Å²) >= 11 is 9.12. The van der Waals surface area contributed by atoms with Crippen molar-refractivity contribution in [2.24, 2.45) is 0 Å². The van der Waals surface area contributed by atoms with Crippen LogP contribution >= 0.6 is 34.7 Å². The van der Waals surface area contributed by atoms with Gasteiger partial charge in [0.1, 0.15) is 0 Å². The maximum absolute atomic E-state index is 12.3. The zero-order valence-electron chi connectivity index (χ0n) is 11.7. The Balaban J connectivity index is 1.61. The minimum absolute atomic E-state index is 0.235. The molecule has 0 radical (unpaired) electrons. The first-order valence-corrected chi connectivity index (χ1v) is 9.37. The summed E-state index contributed by atoms with van der Waals surface area (Å²) in [5, 5.41) is 0.699. The number of hydrogen-bond acceptors (Lipinski definition) is 4. The first-order chi connectivity index (χ1) is 10.2. The standard InChI is InChI=1S/C15H17ClN2OS2/c16-11-5-6-13-12(9-11)17-15(21-13)20-10-14(19)18-7-3-1-2-4-8-18/h5-6,9H,1-4,7-8,10H2. The van der Waals surface area contributed by atoms with Gasteiger partial charge in [0, 0.05) is 18.1 Å². The molecule has 0 unspecified atom stereocenters. The van der Waals surface area contributed by atoms with Crippen LogP contribution in [0.5, 0.6) is 0 Å². The number of fused-ring (bicyclic) bond motifs is 1. The van der Waals surface area contributed by atoms with E-state index in [4.69, 9.17) is 11.6 Å². The lowest BCUT2D eigenvalue weighted by Gasteiger charge is -2.19. The van der Waals surface area contributed by atoms with Gasteiger partial charge in [-0.15, -0.1) is 11.3 Å². The summed E-state index contributed by atoms with van der Waals surface area (Å²) in [7, 11) is 0. The summed E-state index contributed by atoms with van der Waals surface area (Å²) in [4.78, 5) is 18.8. The van der Waals surface area contributed by atoms with Crippen LogP contribution in [0.3, 0.4) is 0 Å². The molecular formula is C15H17ClN2OS2. The van der Waals surface area contributed by atoms with Crippen molar-refractivity contribution in [2.45, 2.75) is 30.0 Å². The normalized spacial score (nSPS) is 16.1. The van der Waals surface area contributed by atoms with E-state index in [-0.39, 0.29) is 5.91 Å². The molecule has 1 amide bonds. The summed E-state index contributed by atoms with van der Waals surface area (Å²) in [6.45, 7) is 1.82. The number of carbonyl (C=O) groups is 1. The topological polar surface area (TPSA) is 33.2 Å². The van der Waals surface area contributed by atoms with Crippen LogP contribution in [0, 0.1) is 0 Å². The van der Waals surface area contributed by atoms with E-state index in [1.807, 2.05) is 23.1 Å². The summed E-state index contributed by atoms with van der Waals surface area (Å²) < 4.78 is 2.06. The van der Waals surface area contributed by atoms with Crippen molar-refractivity contribution in [2.75, 3.05) is 18.8 Å². The molecule has 1 aromatic carbocycles. The van der Waals surface area contributed by atoms with E-state index in [1.54, 1.807) is 11.3 Å². The number of carbonyl (C=O) groups excluding carboxylic acids is 1. The molecular weight excluding hydrogens is 324 g/mol. The molecule has 2 heterocycles. The zero-order chi connectivity index (χ0) is 14.7. The number of aromatic nitrogens is 1. The van der Waals surface area contributed by atoms with Gasteiger partial charge in [0.15, 0.2) is 4.34 Å². The molecule has 1 fully saturated rings. The van der Waals surface area contributed by atoms with Crippen LogP contribution in [-0.4, -0.2) is 34.6 Å². The Morgan fingerprint density at radius 1 is 1.29 bits per heavy atom. The average molecular weight is 341 g/mol. The number of thioether (sulfide) groups is 1. The Labute approximate surface area is 137 Å². The Kier molecular flexibility index (Phi) is 5.03. The molecule has 0 atom stereocenters. The summed E-state index contributed by atoms with van der Waals surface area (Å²) in [6, 6.07) is 5.73. The number of hydrogen-bond donors (Lipinski definition) is 0. The third-order valence-electron chi connectivity index (χ3n) is 3.61. The highest BCUT2D eigenvalue weighted by molar-refractivity contribution is 8.01. The van der Waals surface area contributed by atoms with E-state index in [0.29, 0.717) is 10.8 Å². The van der Waals surface area contributed by atoms with Gasteiger partial charge in [-0.1, -0.05) is 36.2 Å². The van der Waals surface area contributed by atoms with E-state index >= 15 is 0 Å². The molecule has 1 aromatic heterocycles. The van der Waals surface area contributed by atoms with Crippen LogP contribution in [0.2, 0.25) is 5.02 Å². The maximum atomic E-state index is 12.3. The fraction of sp³-hybridized carbons (Fsp3) is 0.467. The van der Waals surface area contributed by atoms with Gasteiger partial charge in [-0.05, 0) is 31.0 Å². The van der Waals surface area contributed by atoms with Crippen LogP contribution in [0.4, 0.5) is 0 Å². The molecule has 0 spiro atoms. The van der Waals surface area contributed by atoms with Crippen LogP contribution in [0.1, 0.15) is 25.7 Å². The van der Waals surface area contributed by atoms with Crippen molar-refractivity contribution in [3.8, 4) is 0 Å². The Hall–Kier alpha value is -0.780. The highest BCUT2D eigenvalue weighted by Gasteiger charge is 2.16. The number of halogens is 1. The minimum atomic E-state index is 0.235. The molecule has 112 valence electrons. The van der Waals surface area contributed by atoms with Crippen molar-refractivity contribution in [1.29, 1.82) is 0 Å². The molecule has 1 aliphatic heterocycles. The Morgan fingerprint density at radius 3 is 2.81 bits per heavy atom. The summed E-state index contributed by atoms with van der Waals surface area (Å²) in [5.41, 5.74) is 0.914. The molecule has 0 saturated carbocycles. The number of thiazole rings is 1. The van der Waals surface area contributed by atoms with Gasteiger partial charge in [0.2, 0.25) is 5.91 Å². The number of likely N-dealkylation sites (tertiary alicyclic amines) is 1. The highest BCUT2D eigenvalue weighted by Crippen LogP contribution is 2.31. The molecule has 0 N–H and O–H groups in total. The van der Waals surface area contributed by atoms with E-state index in [9.17, 15) is 4.79 Å². The van der Waals surface area contributed by atoms with Gasteiger partial charge >= 0.3 is 0 Å². The van der Waals surface area contributed by atoms with Crippen molar-refractivity contribution in [1.82, 2.24) is 9.88 Å². The van der Waals surface area contributed by atoms with Gasteiger partial charge in [0.25, 0.3) is 0 Å². The van der Waals surface area contributed by atoms with Crippen molar-refractivity contribution >= 4 is 50.8 Å². The average Bonchev–Trinajstić information content (AvgIpc) is 2.69. The van der Waals surface area contributed by atoms with Crippen LogP contribution in [0.25, 0.3) is 10.2 Å². The lowest BCUT2D eigenvalue weighted by Crippen LogP contribution is -2.33. The third kappa shape index (κ3) is 3.90. The SMILES string of the molecule is O=C(CSc1nc2cc(Cl)ccc2s1)N1CCCCCC1. The van der Waals surface area contributed by atoms with Gasteiger partial charge in [-0.25, -0.2) is 4.98 Å². The molecule has 1 saturated heterocycles. The predicted octanol–water partition coefficient (Wildman–Crippen LogP) is 4.44. The van der Waals surface area contributed by atoms with Gasteiger partial charge in [-0.3, -0.25) is 4.79 Å². The van der Waals surface area contributed by atoms with Crippen LogP contribution in [0.15, 0.2) is 22.5 Å². The van der Waals surface area contributed by atoms with E-state index in [2.05, 4.69) is 4.98 Å². The molecule has 21 heavy (non-hydrogen) atoms. The first-order valence-electron chi connectivity index (χ1n) is 7.19. The lowest BCUT2D eigenvalue weighted by atomic mass is 10.2. The monoisotopic (exact) mass is 340 g/mol. The largest absolute Gasteiger partial charge is 0.342 e. The fourth-order valence-corrected chi connectivity index (χ4v) is 4.59. The maximum Gasteiger partial charge on any atom is 0.233 e. The first kappa shape index (κ1) is 15.1. The van der Waals surface area contributed by atoms with Gasteiger partial charge < -0.3 is 4.90 Å². The molecule has 0 aliphatic carbocycles. The van der Waals surface area contributed by atoms with Crippen molar-refractivity contribution in [3.63, 3.8) is 0 Å².